The molecule has 132 valence electrons. The summed E-state index contributed by atoms with van der Waals surface area (Å²) in [6, 6.07) is 7.77. The van der Waals surface area contributed by atoms with E-state index in [1.807, 2.05) is 49.4 Å². The van der Waals surface area contributed by atoms with Crippen molar-refractivity contribution in [1.29, 1.82) is 0 Å². The maximum atomic E-state index is 13.2. The van der Waals surface area contributed by atoms with E-state index < -0.39 is 15.7 Å². The fourth-order valence-electron chi connectivity index (χ4n) is 3.12. The largest absolute Gasteiger partial charge is 0.466 e. The SMILES string of the molecule is C=CC[C@H]1c2ccccc2[C@@H](CC(=O)OCC)N1S(=O)C(C)(C)C. The number of carbonyl (C=O) groups excluding carboxylic acids is 1. The molecule has 2 rings (SSSR count). The molecule has 0 bridgehead atoms. The first-order chi connectivity index (χ1) is 11.3. The van der Waals surface area contributed by atoms with Crippen LogP contribution in [0, 0.1) is 0 Å². The molecule has 4 nitrogen and oxygen atoms in total. The summed E-state index contributed by atoms with van der Waals surface area (Å²) in [5.41, 5.74) is 2.19. The highest BCUT2D eigenvalue weighted by Gasteiger charge is 2.44. The van der Waals surface area contributed by atoms with Gasteiger partial charge in [0.1, 0.15) is 11.0 Å². The molecule has 1 aromatic rings. The minimum atomic E-state index is -1.24. The fraction of sp³-hybridized carbons (Fsp3) is 0.526. The van der Waals surface area contributed by atoms with Gasteiger partial charge in [-0.15, -0.1) is 6.58 Å². The average Bonchev–Trinajstić information content (AvgIpc) is 2.80. The third kappa shape index (κ3) is 3.78. The molecule has 3 atom stereocenters. The van der Waals surface area contributed by atoms with Crippen LogP contribution < -0.4 is 0 Å². The molecule has 24 heavy (non-hydrogen) atoms. The summed E-state index contributed by atoms with van der Waals surface area (Å²) in [4.78, 5) is 12.1. The average molecular weight is 349 g/mol. The highest BCUT2D eigenvalue weighted by molar-refractivity contribution is 7.84. The first-order valence-electron chi connectivity index (χ1n) is 8.37. The van der Waals surface area contributed by atoms with E-state index in [1.165, 1.54) is 0 Å². The minimum absolute atomic E-state index is 0.0295. The number of benzene rings is 1. The fourth-order valence-corrected chi connectivity index (χ4v) is 4.61. The monoisotopic (exact) mass is 349 g/mol. The quantitative estimate of drug-likeness (QED) is 0.574. The molecule has 1 unspecified atom stereocenters. The summed E-state index contributed by atoms with van der Waals surface area (Å²) in [7, 11) is -1.24. The maximum Gasteiger partial charge on any atom is 0.307 e. The van der Waals surface area contributed by atoms with E-state index in [-0.39, 0.29) is 24.5 Å². The number of nitrogens with zero attached hydrogens (tertiary/aromatic N) is 1. The van der Waals surface area contributed by atoms with E-state index >= 15 is 0 Å². The molecule has 0 aromatic heterocycles. The zero-order chi connectivity index (χ0) is 17.9. The van der Waals surface area contributed by atoms with Crippen molar-refractivity contribution in [3.05, 3.63) is 48.0 Å². The second-order valence-electron chi connectivity index (χ2n) is 6.92. The van der Waals surface area contributed by atoms with Gasteiger partial charge in [-0.05, 0) is 45.2 Å². The van der Waals surface area contributed by atoms with Crippen LogP contribution in [0.5, 0.6) is 0 Å². The van der Waals surface area contributed by atoms with Crippen molar-refractivity contribution in [2.24, 2.45) is 0 Å². The molecular formula is C19H27NO3S. The van der Waals surface area contributed by atoms with Gasteiger partial charge in [-0.25, -0.2) is 8.51 Å². The lowest BCUT2D eigenvalue weighted by Gasteiger charge is -2.34. The van der Waals surface area contributed by atoms with Gasteiger partial charge in [0, 0.05) is 0 Å². The molecule has 1 aliphatic heterocycles. The van der Waals surface area contributed by atoms with E-state index in [0.29, 0.717) is 13.0 Å². The molecule has 0 aliphatic carbocycles. The normalized spacial score (nSPS) is 22.0. The Bertz CT molecular complexity index is 636. The van der Waals surface area contributed by atoms with Gasteiger partial charge in [0.25, 0.3) is 0 Å². The van der Waals surface area contributed by atoms with Crippen molar-refractivity contribution in [2.75, 3.05) is 6.61 Å². The predicted molar refractivity (Wildman–Crippen MR) is 97.7 cm³/mol. The molecule has 0 spiro atoms. The highest BCUT2D eigenvalue weighted by atomic mass is 32.2. The van der Waals surface area contributed by atoms with Crippen LogP contribution in [-0.4, -0.2) is 25.8 Å². The van der Waals surface area contributed by atoms with Gasteiger partial charge in [-0.1, -0.05) is 30.3 Å². The van der Waals surface area contributed by atoms with Crippen molar-refractivity contribution in [3.8, 4) is 0 Å². The number of ether oxygens (including phenoxy) is 1. The number of fused-ring (bicyclic) bond motifs is 1. The number of hydrogen-bond donors (Lipinski definition) is 0. The van der Waals surface area contributed by atoms with Crippen LogP contribution in [-0.2, 0) is 20.5 Å². The zero-order valence-corrected chi connectivity index (χ0v) is 15.8. The lowest BCUT2D eigenvalue weighted by molar-refractivity contribution is -0.144. The lowest BCUT2D eigenvalue weighted by Crippen LogP contribution is -2.39. The van der Waals surface area contributed by atoms with Gasteiger partial charge in [-0.2, -0.15) is 0 Å². The Morgan fingerprint density at radius 1 is 1.29 bits per heavy atom. The minimum Gasteiger partial charge on any atom is -0.466 e. The van der Waals surface area contributed by atoms with Crippen LogP contribution in [0.3, 0.4) is 0 Å². The second-order valence-corrected chi connectivity index (χ2v) is 9.06. The number of carbonyl (C=O) groups is 1. The molecule has 0 saturated carbocycles. The standard InChI is InChI=1S/C19H27NO3S/c1-6-10-16-14-11-8-9-12-15(14)17(13-18(21)23-7-2)20(16)24(22)19(3,4)5/h6,8-9,11-12,16-17H,1,7,10,13H2,2-5H3/t16-,17+,24?/m0/s1. The molecule has 1 aromatic carbocycles. The van der Waals surface area contributed by atoms with E-state index in [9.17, 15) is 9.00 Å². The van der Waals surface area contributed by atoms with Crippen molar-refractivity contribution < 1.29 is 13.7 Å². The van der Waals surface area contributed by atoms with Crippen LogP contribution in [0.15, 0.2) is 36.9 Å². The third-order valence-electron chi connectivity index (χ3n) is 4.10. The third-order valence-corrected chi connectivity index (χ3v) is 6.04. The Balaban J connectivity index is 2.47. The highest BCUT2D eigenvalue weighted by Crippen LogP contribution is 2.48. The van der Waals surface area contributed by atoms with Crippen LogP contribution >= 0.6 is 0 Å². The van der Waals surface area contributed by atoms with Gasteiger partial charge < -0.3 is 4.74 Å². The Labute approximate surface area is 147 Å². The Morgan fingerprint density at radius 3 is 2.38 bits per heavy atom. The van der Waals surface area contributed by atoms with Gasteiger partial charge in [0.2, 0.25) is 0 Å². The number of esters is 1. The van der Waals surface area contributed by atoms with Gasteiger partial charge in [0.05, 0.1) is 29.9 Å². The second kappa shape index (κ2) is 7.62. The van der Waals surface area contributed by atoms with E-state index in [1.54, 1.807) is 6.92 Å². The van der Waals surface area contributed by atoms with Crippen LogP contribution in [0.4, 0.5) is 0 Å². The molecule has 1 aliphatic rings. The van der Waals surface area contributed by atoms with Crippen molar-refractivity contribution >= 4 is 17.0 Å². The van der Waals surface area contributed by atoms with Gasteiger partial charge in [-0.3, -0.25) is 4.79 Å². The molecule has 0 saturated heterocycles. The summed E-state index contributed by atoms with van der Waals surface area (Å²) in [5.74, 6) is -0.257. The van der Waals surface area contributed by atoms with Crippen molar-refractivity contribution in [1.82, 2.24) is 4.31 Å². The maximum absolute atomic E-state index is 13.2. The summed E-state index contributed by atoms with van der Waals surface area (Å²) in [6.45, 7) is 11.9. The van der Waals surface area contributed by atoms with Crippen LogP contribution in [0.1, 0.15) is 63.7 Å². The summed E-state index contributed by atoms with van der Waals surface area (Å²) < 4.78 is 19.9. The van der Waals surface area contributed by atoms with Gasteiger partial charge in [0.15, 0.2) is 0 Å². The Hall–Kier alpha value is -1.46. The smallest absolute Gasteiger partial charge is 0.307 e. The first-order valence-corrected chi connectivity index (χ1v) is 9.47. The Kier molecular flexibility index (Phi) is 5.99. The molecule has 0 amide bonds. The first kappa shape index (κ1) is 18.9. The molecule has 1 heterocycles. The molecular weight excluding hydrogens is 322 g/mol. The summed E-state index contributed by atoms with van der Waals surface area (Å²) >= 11 is 0. The molecule has 0 N–H and O–H groups in total. The van der Waals surface area contributed by atoms with E-state index in [4.69, 9.17) is 4.74 Å². The summed E-state index contributed by atoms with van der Waals surface area (Å²) in [5, 5.41) is 0. The zero-order valence-electron chi connectivity index (χ0n) is 15.0. The van der Waals surface area contributed by atoms with Crippen molar-refractivity contribution in [2.45, 2.75) is 57.4 Å². The Morgan fingerprint density at radius 2 is 1.88 bits per heavy atom. The molecule has 0 radical (unpaired) electrons. The van der Waals surface area contributed by atoms with E-state index in [2.05, 4.69) is 12.6 Å². The van der Waals surface area contributed by atoms with Crippen LogP contribution in [0.2, 0.25) is 0 Å². The topological polar surface area (TPSA) is 46.6 Å². The lowest BCUT2D eigenvalue weighted by atomic mass is 9.99. The summed E-state index contributed by atoms with van der Waals surface area (Å²) in [6.07, 6.45) is 2.75. The molecule has 0 fully saturated rings. The molecule has 5 heteroatoms. The van der Waals surface area contributed by atoms with E-state index in [0.717, 1.165) is 11.1 Å². The van der Waals surface area contributed by atoms with Gasteiger partial charge >= 0.3 is 5.97 Å². The predicted octanol–water partition coefficient (Wildman–Crippen LogP) is 4.08. The van der Waals surface area contributed by atoms with Crippen LogP contribution in [0.25, 0.3) is 0 Å². The number of hydrogen-bond acceptors (Lipinski definition) is 3. The van der Waals surface area contributed by atoms with Crippen molar-refractivity contribution in [3.63, 3.8) is 0 Å². The number of rotatable bonds is 6.